The maximum Gasteiger partial charge on any atom is 0.309 e. The molecule has 5 heteroatoms. The number of aliphatic hydroxyl groups is 1. The van der Waals surface area contributed by atoms with E-state index in [2.05, 4.69) is 0 Å². The van der Waals surface area contributed by atoms with Crippen LogP contribution in [0.2, 0.25) is 0 Å². The van der Waals surface area contributed by atoms with Gasteiger partial charge in [-0.15, -0.1) is 0 Å². The SMILES string of the molecule is O=C(O)[C@@H]1CCCC[C@H]1C(=O)OCCO. The van der Waals surface area contributed by atoms with Gasteiger partial charge in [0.25, 0.3) is 0 Å². The van der Waals surface area contributed by atoms with Crippen molar-refractivity contribution >= 4 is 11.9 Å². The zero-order valence-electron chi connectivity index (χ0n) is 8.52. The van der Waals surface area contributed by atoms with Gasteiger partial charge in [-0.3, -0.25) is 9.59 Å². The van der Waals surface area contributed by atoms with E-state index in [1.54, 1.807) is 0 Å². The van der Waals surface area contributed by atoms with E-state index in [0.29, 0.717) is 12.8 Å². The molecule has 0 aromatic rings. The van der Waals surface area contributed by atoms with E-state index in [-0.39, 0.29) is 13.2 Å². The summed E-state index contributed by atoms with van der Waals surface area (Å²) >= 11 is 0. The number of esters is 1. The van der Waals surface area contributed by atoms with Crippen molar-refractivity contribution < 1.29 is 24.5 Å². The Kier molecular flexibility index (Phi) is 4.55. The van der Waals surface area contributed by atoms with E-state index < -0.39 is 23.8 Å². The Morgan fingerprint density at radius 2 is 1.80 bits per heavy atom. The number of ether oxygens (including phenoxy) is 1. The highest BCUT2D eigenvalue weighted by molar-refractivity contribution is 5.81. The van der Waals surface area contributed by atoms with Crippen LogP contribution in [0.4, 0.5) is 0 Å². The summed E-state index contributed by atoms with van der Waals surface area (Å²) in [5.41, 5.74) is 0. The highest BCUT2D eigenvalue weighted by atomic mass is 16.5. The first-order valence-corrected chi connectivity index (χ1v) is 5.17. The molecule has 0 aliphatic heterocycles. The van der Waals surface area contributed by atoms with Gasteiger partial charge >= 0.3 is 11.9 Å². The number of carboxylic acids is 1. The van der Waals surface area contributed by atoms with Crippen LogP contribution in [0.15, 0.2) is 0 Å². The lowest BCUT2D eigenvalue weighted by molar-refractivity contribution is -0.160. The second kappa shape index (κ2) is 5.70. The Morgan fingerprint density at radius 3 is 2.33 bits per heavy atom. The van der Waals surface area contributed by atoms with Gasteiger partial charge in [0.2, 0.25) is 0 Å². The molecule has 15 heavy (non-hydrogen) atoms. The third-order valence-corrected chi connectivity index (χ3v) is 2.72. The molecule has 1 aliphatic carbocycles. The van der Waals surface area contributed by atoms with Crippen molar-refractivity contribution in [1.29, 1.82) is 0 Å². The van der Waals surface area contributed by atoms with Crippen molar-refractivity contribution in [2.45, 2.75) is 25.7 Å². The molecule has 5 nitrogen and oxygen atoms in total. The molecule has 0 amide bonds. The van der Waals surface area contributed by atoms with Crippen LogP contribution < -0.4 is 0 Å². The summed E-state index contributed by atoms with van der Waals surface area (Å²) in [6, 6.07) is 0. The number of aliphatic carboxylic acids is 1. The van der Waals surface area contributed by atoms with Gasteiger partial charge in [0.05, 0.1) is 18.4 Å². The van der Waals surface area contributed by atoms with E-state index in [4.69, 9.17) is 14.9 Å². The van der Waals surface area contributed by atoms with Crippen LogP contribution in [0, 0.1) is 11.8 Å². The topological polar surface area (TPSA) is 83.8 Å². The molecule has 1 aliphatic rings. The third kappa shape index (κ3) is 3.20. The highest BCUT2D eigenvalue weighted by Crippen LogP contribution is 2.31. The summed E-state index contributed by atoms with van der Waals surface area (Å²) in [6.45, 7) is -0.280. The molecule has 1 saturated carbocycles. The lowest BCUT2D eigenvalue weighted by Gasteiger charge is -2.26. The lowest BCUT2D eigenvalue weighted by Crippen LogP contribution is -2.34. The molecule has 0 spiro atoms. The van der Waals surface area contributed by atoms with E-state index in [1.165, 1.54) is 0 Å². The zero-order chi connectivity index (χ0) is 11.3. The molecule has 0 radical (unpaired) electrons. The minimum absolute atomic E-state index is 0.0539. The first kappa shape index (κ1) is 12.0. The highest BCUT2D eigenvalue weighted by Gasteiger charge is 2.36. The van der Waals surface area contributed by atoms with Crippen LogP contribution in [-0.2, 0) is 14.3 Å². The molecule has 0 bridgehead atoms. The average Bonchev–Trinajstić information content (AvgIpc) is 2.25. The molecule has 0 unspecified atom stereocenters. The molecule has 0 saturated heterocycles. The average molecular weight is 216 g/mol. The fourth-order valence-corrected chi connectivity index (χ4v) is 1.96. The molecule has 86 valence electrons. The van der Waals surface area contributed by atoms with Crippen molar-refractivity contribution in [1.82, 2.24) is 0 Å². The summed E-state index contributed by atoms with van der Waals surface area (Å²) in [5, 5.41) is 17.4. The number of rotatable bonds is 4. The molecule has 1 rings (SSSR count). The van der Waals surface area contributed by atoms with Gasteiger partial charge in [-0.2, -0.15) is 0 Å². The zero-order valence-corrected chi connectivity index (χ0v) is 8.52. The molecule has 1 fully saturated rings. The smallest absolute Gasteiger partial charge is 0.309 e. The van der Waals surface area contributed by atoms with E-state index in [0.717, 1.165) is 12.8 Å². The second-order valence-corrected chi connectivity index (χ2v) is 3.73. The Hall–Kier alpha value is -1.10. The maximum absolute atomic E-state index is 11.5. The lowest BCUT2D eigenvalue weighted by atomic mass is 9.79. The van der Waals surface area contributed by atoms with Crippen LogP contribution in [0.1, 0.15) is 25.7 Å². The quantitative estimate of drug-likeness (QED) is 0.665. The van der Waals surface area contributed by atoms with Crippen LogP contribution >= 0.6 is 0 Å². The van der Waals surface area contributed by atoms with Crippen molar-refractivity contribution in [3.63, 3.8) is 0 Å². The summed E-state index contributed by atoms with van der Waals surface area (Å²) in [4.78, 5) is 22.4. The van der Waals surface area contributed by atoms with E-state index >= 15 is 0 Å². The first-order valence-electron chi connectivity index (χ1n) is 5.17. The third-order valence-electron chi connectivity index (χ3n) is 2.72. The Morgan fingerprint density at radius 1 is 1.20 bits per heavy atom. The van der Waals surface area contributed by atoms with Crippen molar-refractivity contribution in [2.75, 3.05) is 13.2 Å². The number of carbonyl (C=O) groups excluding carboxylic acids is 1. The summed E-state index contributed by atoms with van der Waals surface area (Å²) in [7, 11) is 0. The fraction of sp³-hybridized carbons (Fsp3) is 0.800. The standard InChI is InChI=1S/C10H16O5/c11-5-6-15-10(14)8-4-2-1-3-7(8)9(12)13/h7-8,11H,1-6H2,(H,12,13)/t7-,8-/m1/s1. The first-order chi connectivity index (χ1) is 7.16. The van der Waals surface area contributed by atoms with Gasteiger partial charge in [-0.1, -0.05) is 12.8 Å². The van der Waals surface area contributed by atoms with Gasteiger partial charge in [0.15, 0.2) is 0 Å². The second-order valence-electron chi connectivity index (χ2n) is 3.73. The van der Waals surface area contributed by atoms with Gasteiger partial charge in [-0.25, -0.2) is 0 Å². The summed E-state index contributed by atoms with van der Waals surface area (Å²) in [5.74, 6) is -2.58. The Bertz CT molecular complexity index is 238. The summed E-state index contributed by atoms with van der Waals surface area (Å²) in [6.07, 6.45) is 2.82. The minimum atomic E-state index is -0.930. The van der Waals surface area contributed by atoms with Crippen LogP contribution in [0.25, 0.3) is 0 Å². The van der Waals surface area contributed by atoms with Crippen LogP contribution in [0.5, 0.6) is 0 Å². The molecule has 2 N–H and O–H groups in total. The van der Waals surface area contributed by atoms with Crippen molar-refractivity contribution in [3.05, 3.63) is 0 Å². The predicted molar refractivity (Wildman–Crippen MR) is 51.1 cm³/mol. The normalized spacial score (nSPS) is 25.9. The number of hydrogen-bond acceptors (Lipinski definition) is 4. The Balaban J connectivity index is 2.55. The van der Waals surface area contributed by atoms with Gasteiger partial charge in [-0.05, 0) is 12.8 Å². The van der Waals surface area contributed by atoms with E-state index in [1.807, 2.05) is 0 Å². The molecule has 0 aromatic carbocycles. The van der Waals surface area contributed by atoms with Gasteiger partial charge in [0, 0.05) is 0 Å². The predicted octanol–water partition coefficient (Wildman–Crippen LogP) is 0.413. The molecule has 0 heterocycles. The fourth-order valence-electron chi connectivity index (χ4n) is 1.96. The van der Waals surface area contributed by atoms with Gasteiger partial charge in [0.1, 0.15) is 6.61 Å². The summed E-state index contributed by atoms with van der Waals surface area (Å²) < 4.78 is 4.76. The molecule has 2 atom stereocenters. The van der Waals surface area contributed by atoms with Crippen molar-refractivity contribution in [3.8, 4) is 0 Å². The number of hydrogen-bond donors (Lipinski definition) is 2. The number of aliphatic hydroxyl groups excluding tert-OH is 1. The monoisotopic (exact) mass is 216 g/mol. The maximum atomic E-state index is 11.5. The Labute approximate surface area is 88.0 Å². The molecular weight excluding hydrogens is 200 g/mol. The number of carboxylic acid groups (broad SMARTS) is 1. The minimum Gasteiger partial charge on any atom is -0.481 e. The van der Waals surface area contributed by atoms with Crippen molar-refractivity contribution in [2.24, 2.45) is 11.8 Å². The van der Waals surface area contributed by atoms with E-state index in [9.17, 15) is 9.59 Å². The van der Waals surface area contributed by atoms with Crippen LogP contribution in [0.3, 0.4) is 0 Å². The molecular formula is C10H16O5. The number of carbonyl (C=O) groups is 2. The van der Waals surface area contributed by atoms with Crippen LogP contribution in [-0.4, -0.2) is 35.4 Å². The largest absolute Gasteiger partial charge is 0.481 e. The molecule has 0 aromatic heterocycles. The van der Waals surface area contributed by atoms with Gasteiger partial charge < -0.3 is 14.9 Å².